The van der Waals surface area contributed by atoms with Gasteiger partial charge in [0.2, 0.25) is 0 Å². The average molecular weight is 297 g/mol. The number of aryl methyl sites for hydroxylation is 1. The molecule has 0 aliphatic heterocycles. The van der Waals surface area contributed by atoms with Crippen molar-refractivity contribution in [3.8, 4) is 0 Å². The maximum absolute atomic E-state index is 6.27. The van der Waals surface area contributed by atoms with Crippen LogP contribution in [-0.2, 0) is 13.5 Å². The fourth-order valence-corrected chi connectivity index (χ4v) is 2.88. The largest absolute Gasteiger partial charge is 0.328 e. The summed E-state index contributed by atoms with van der Waals surface area (Å²) in [5.41, 5.74) is 6.87. The first kappa shape index (κ1) is 14.4. The second kappa shape index (κ2) is 5.94. The van der Waals surface area contributed by atoms with Gasteiger partial charge < -0.3 is 10.3 Å². The Morgan fingerprint density at radius 3 is 2.68 bits per heavy atom. The minimum Gasteiger partial charge on any atom is -0.328 e. The van der Waals surface area contributed by atoms with Crippen LogP contribution in [0.5, 0.6) is 0 Å². The summed E-state index contributed by atoms with van der Waals surface area (Å²) in [5, 5.41) is 9.76. The molecule has 0 spiro atoms. The summed E-state index contributed by atoms with van der Waals surface area (Å²) in [4.78, 5) is 1.05. The highest BCUT2D eigenvalue weighted by Gasteiger charge is 2.09. The SMILES string of the molecule is Cc1nnc(Sc2ccc(CC(C)N)c(Cl)c2)n1C. The van der Waals surface area contributed by atoms with Gasteiger partial charge in [0, 0.05) is 23.0 Å². The van der Waals surface area contributed by atoms with Crippen LogP contribution < -0.4 is 5.73 Å². The number of hydrogen-bond donors (Lipinski definition) is 1. The minimum atomic E-state index is 0.109. The molecule has 1 aromatic carbocycles. The monoisotopic (exact) mass is 296 g/mol. The van der Waals surface area contributed by atoms with E-state index < -0.39 is 0 Å². The van der Waals surface area contributed by atoms with Gasteiger partial charge in [-0.3, -0.25) is 0 Å². The molecule has 1 unspecified atom stereocenters. The van der Waals surface area contributed by atoms with E-state index >= 15 is 0 Å². The van der Waals surface area contributed by atoms with Crippen LogP contribution in [-0.4, -0.2) is 20.8 Å². The van der Waals surface area contributed by atoms with Crippen LogP contribution in [0, 0.1) is 6.92 Å². The molecule has 19 heavy (non-hydrogen) atoms. The number of benzene rings is 1. The van der Waals surface area contributed by atoms with Gasteiger partial charge in [-0.2, -0.15) is 0 Å². The van der Waals surface area contributed by atoms with Gasteiger partial charge in [0.1, 0.15) is 5.82 Å². The molecule has 0 saturated heterocycles. The van der Waals surface area contributed by atoms with Crippen molar-refractivity contribution < 1.29 is 0 Å². The van der Waals surface area contributed by atoms with E-state index in [2.05, 4.69) is 10.2 Å². The van der Waals surface area contributed by atoms with E-state index in [1.807, 2.05) is 43.7 Å². The van der Waals surface area contributed by atoms with Crippen LogP contribution in [0.4, 0.5) is 0 Å². The zero-order valence-corrected chi connectivity index (χ0v) is 12.8. The average Bonchev–Trinajstić information content (AvgIpc) is 2.64. The first-order valence-electron chi connectivity index (χ1n) is 6.05. The third kappa shape index (κ3) is 3.49. The first-order chi connectivity index (χ1) is 8.97. The fourth-order valence-electron chi connectivity index (χ4n) is 1.69. The Morgan fingerprint density at radius 1 is 1.42 bits per heavy atom. The summed E-state index contributed by atoms with van der Waals surface area (Å²) in [5.74, 6) is 0.891. The predicted octanol–water partition coefficient (Wildman–Crippen LogP) is 2.82. The van der Waals surface area contributed by atoms with Gasteiger partial charge >= 0.3 is 0 Å². The molecule has 0 bridgehead atoms. The van der Waals surface area contributed by atoms with Crippen LogP contribution in [0.25, 0.3) is 0 Å². The molecule has 4 nitrogen and oxygen atoms in total. The van der Waals surface area contributed by atoms with Crippen LogP contribution in [0.15, 0.2) is 28.3 Å². The highest BCUT2D eigenvalue weighted by molar-refractivity contribution is 7.99. The zero-order chi connectivity index (χ0) is 14.0. The summed E-state index contributed by atoms with van der Waals surface area (Å²) in [7, 11) is 1.95. The molecular formula is C13H17ClN4S. The molecule has 2 N–H and O–H groups in total. The number of aromatic nitrogens is 3. The second-order valence-electron chi connectivity index (χ2n) is 4.63. The van der Waals surface area contributed by atoms with Crippen LogP contribution in [0.2, 0.25) is 5.02 Å². The number of rotatable bonds is 4. The molecule has 0 saturated carbocycles. The molecule has 2 aromatic rings. The fraction of sp³-hybridized carbons (Fsp3) is 0.385. The van der Waals surface area contributed by atoms with E-state index in [0.29, 0.717) is 0 Å². The summed E-state index contributed by atoms with van der Waals surface area (Å²) >= 11 is 7.82. The van der Waals surface area contributed by atoms with Crippen molar-refractivity contribution in [1.82, 2.24) is 14.8 Å². The van der Waals surface area contributed by atoms with E-state index in [1.165, 1.54) is 0 Å². The maximum atomic E-state index is 6.27. The van der Waals surface area contributed by atoms with Gasteiger partial charge in [0.05, 0.1) is 0 Å². The van der Waals surface area contributed by atoms with E-state index in [1.54, 1.807) is 11.8 Å². The van der Waals surface area contributed by atoms with Crippen molar-refractivity contribution in [3.05, 3.63) is 34.6 Å². The summed E-state index contributed by atoms with van der Waals surface area (Å²) < 4.78 is 1.95. The van der Waals surface area contributed by atoms with Crippen LogP contribution in [0.1, 0.15) is 18.3 Å². The minimum absolute atomic E-state index is 0.109. The Bertz CT molecular complexity index is 580. The standard InChI is InChI=1S/C13H17ClN4S/c1-8(15)6-10-4-5-11(7-12(10)14)19-13-17-16-9(2)18(13)3/h4-5,7-8H,6,15H2,1-3H3. The second-order valence-corrected chi connectivity index (χ2v) is 6.07. The highest BCUT2D eigenvalue weighted by Crippen LogP contribution is 2.30. The molecule has 2 rings (SSSR count). The van der Waals surface area contributed by atoms with Gasteiger partial charge in [-0.05, 0) is 49.7 Å². The van der Waals surface area contributed by atoms with Crippen molar-refractivity contribution in [1.29, 1.82) is 0 Å². The number of hydrogen-bond acceptors (Lipinski definition) is 4. The van der Waals surface area contributed by atoms with E-state index in [-0.39, 0.29) is 6.04 Å². The summed E-state index contributed by atoms with van der Waals surface area (Å²) in [6.45, 7) is 3.90. The topological polar surface area (TPSA) is 56.7 Å². The lowest BCUT2D eigenvalue weighted by Gasteiger charge is -2.09. The van der Waals surface area contributed by atoms with Crippen LogP contribution in [0.3, 0.4) is 0 Å². The van der Waals surface area contributed by atoms with Crippen molar-refractivity contribution in [3.63, 3.8) is 0 Å². The third-order valence-corrected chi connectivity index (χ3v) is 4.21. The molecule has 0 aliphatic rings. The van der Waals surface area contributed by atoms with Gasteiger partial charge in [0.15, 0.2) is 5.16 Å². The molecule has 1 atom stereocenters. The lowest BCUT2D eigenvalue weighted by Crippen LogP contribution is -2.17. The van der Waals surface area contributed by atoms with E-state index in [4.69, 9.17) is 17.3 Å². The van der Waals surface area contributed by atoms with Crippen molar-refractivity contribution in [2.75, 3.05) is 0 Å². The van der Waals surface area contributed by atoms with Crippen molar-refractivity contribution >= 4 is 23.4 Å². The highest BCUT2D eigenvalue weighted by atomic mass is 35.5. The Balaban J connectivity index is 2.18. The molecule has 0 radical (unpaired) electrons. The van der Waals surface area contributed by atoms with Crippen LogP contribution >= 0.6 is 23.4 Å². The molecular weight excluding hydrogens is 280 g/mol. The van der Waals surface area contributed by atoms with E-state index in [9.17, 15) is 0 Å². The smallest absolute Gasteiger partial charge is 0.195 e. The molecule has 0 aliphatic carbocycles. The molecule has 1 aromatic heterocycles. The number of nitrogens with two attached hydrogens (primary N) is 1. The predicted molar refractivity (Wildman–Crippen MR) is 78.7 cm³/mol. The first-order valence-corrected chi connectivity index (χ1v) is 7.24. The Hall–Kier alpha value is -1.04. The Kier molecular flexibility index (Phi) is 4.50. The normalized spacial score (nSPS) is 12.7. The summed E-state index contributed by atoms with van der Waals surface area (Å²) in [6.07, 6.45) is 0.785. The quantitative estimate of drug-likeness (QED) is 0.942. The zero-order valence-electron chi connectivity index (χ0n) is 11.2. The van der Waals surface area contributed by atoms with Gasteiger partial charge in [-0.25, -0.2) is 0 Å². The number of nitrogens with zero attached hydrogens (tertiary/aromatic N) is 3. The van der Waals surface area contributed by atoms with E-state index in [0.717, 1.165) is 32.9 Å². The third-order valence-electron chi connectivity index (χ3n) is 2.83. The molecule has 102 valence electrons. The Labute approximate surface area is 122 Å². The molecule has 1 heterocycles. The lowest BCUT2D eigenvalue weighted by atomic mass is 10.1. The Morgan fingerprint density at radius 2 is 2.16 bits per heavy atom. The number of halogens is 1. The molecule has 0 fully saturated rings. The van der Waals surface area contributed by atoms with Gasteiger partial charge in [-0.15, -0.1) is 10.2 Å². The maximum Gasteiger partial charge on any atom is 0.195 e. The lowest BCUT2D eigenvalue weighted by molar-refractivity contribution is 0.737. The summed E-state index contributed by atoms with van der Waals surface area (Å²) in [6, 6.07) is 6.13. The van der Waals surface area contributed by atoms with Crippen molar-refractivity contribution in [2.24, 2.45) is 12.8 Å². The molecule has 6 heteroatoms. The van der Waals surface area contributed by atoms with Gasteiger partial charge in [-0.1, -0.05) is 17.7 Å². The molecule has 0 amide bonds. The van der Waals surface area contributed by atoms with Gasteiger partial charge in [0.25, 0.3) is 0 Å². The van der Waals surface area contributed by atoms with Crippen molar-refractivity contribution in [2.45, 2.75) is 36.4 Å².